The Kier molecular flexibility index (Phi) is 12.8. The Morgan fingerprint density at radius 3 is 2.24 bits per heavy atom. The topological polar surface area (TPSA) is 169 Å². The van der Waals surface area contributed by atoms with Crippen LogP contribution in [0.1, 0.15) is 25.7 Å². The zero-order chi connectivity index (χ0) is 22.0. The first-order chi connectivity index (χ1) is 13.8. The van der Waals surface area contributed by atoms with E-state index in [2.05, 4.69) is 25.3 Å². The number of ether oxygens (including phenoxy) is 3. The van der Waals surface area contributed by atoms with Crippen molar-refractivity contribution in [1.82, 2.24) is 0 Å². The molecule has 3 unspecified atom stereocenters. The van der Waals surface area contributed by atoms with Crippen LogP contribution in [0.15, 0.2) is 11.5 Å². The van der Waals surface area contributed by atoms with E-state index < -0.39 is 61.2 Å². The van der Waals surface area contributed by atoms with Crippen LogP contribution in [0.2, 0.25) is 0 Å². The SMILES string of the molecule is OCC[C@H](O[C@@H]1OC(CS)[C@H](O)C(O)C1O)/C(O)=C(/O)[C@@H](O)OCCCCCS. The van der Waals surface area contributed by atoms with Crippen LogP contribution < -0.4 is 0 Å². The number of aliphatic hydroxyl groups excluding tert-OH is 7. The van der Waals surface area contributed by atoms with Gasteiger partial charge >= 0.3 is 0 Å². The van der Waals surface area contributed by atoms with Crippen LogP contribution in [0.4, 0.5) is 0 Å². The zero-order valence-electron chi connectivity index (χ0n) is 15.9. The fraction of sp³-hybridized carbons (Fsp3) is 0.882. The first-order valence-corrected chi connectivity index (χ1v) is 10.6. The molecule has 1 saturated heterocycles. The van der Waals surface area contributed by atoms with Crippen LogP contribution >= 0.6 is 25.3 Å². The molecular formula is C17H32O10S2. The molecule has 12 heteroatoms. The molecular weight excluding hydrogens is 428 g/mol. The van der Waals surface area contributed by atoms with Crippen molar-refractivity contribution in [3.8, 4) is 0 Å². The van der Waals surface area contributed by atoms with Gasteiger partial charge in [0.2, 0.25) is 6.29 Å². The van der Waals surface area contributed by atoms with E-state index in [1.807, 2.05) is 0 Å². The third kappa shape index (κ3) is 8.05. The molecule has 1 rings (SSSR count). The summed E-state index contributed by atoms with van der Waals surface area (Å²) in [6.07, 6.45) is -8.20. The quantitative estimate of drug-likeness (QED) is 0.0738. The summed E-state index contributed by atoms with van der Waals surface area (Å²) in [5, 5.41) is 69.2. The fourth-order valence-electron chi connectivity index (χ4n) is 2.68. The average molecular weight is 461 g/mol. The van der Waals surface area contributed by atoms with E-state index in [0.717, 1.165) is 18.6 Å². The molecule has 0 aromatic rings. The molecule has 0 radical (unpaired) electrons. The van der Waals surface area contributed by atoms with Crippen molar-refractivity contribution in [1.29, 1.82) is 0 Å². The number of aliphatic hydroxyl groups is 7. The molecule has 0 aromatic carbocycles. The van der Waals surface area contributed by atoms with E-state index >= 15 is 0 Å². The second-order valence-electron chi connectivity index (χ2n) is 6.61. The maximum atomic E-state index is 10.3. The Hall–Kier alpha value is -0.280. The third-order valence-corrected chi connectivity index (χ3v) is 5.09. The van der Waals surface area contributed by atoms with Crippen molar-refractivity contribution in [2.45, 2.75) is 68.8 Å². The lowest BCUT2D eigenvalue weighted by molar-refractivity contribution is -0.302. The molecule has 0 bridgehead atoms. The van der Waals surface area contributed by atoms with Crippen molar-refractivity contribution >= 4 is 25.3 Å². The molecule has 1 fully saturated rings. The number of thiol groups is 2. The van der Waals surface area contributed by atoms with Gasteiger partial charge in [-0.1, -0.05) is 6.42 Å². The van der Waals surface area contributed by atoms with E-state index in [1.54, 1.807) is 0 Å². The summed E-state index contributed by atoms with van der Waals surface area (Å²) in [6, 6.07) is 0. The lowest BCUT2D eigenvalue weighted by Gasteiger charge is -2.41. The van der Waals surface area contributed by atoms with Crippen molar-refractivity contribution in [3.05, 3.63) is 11.5 Å². The molecule has 1 aliphatic heterocycles. The van der Waals surface area contributed by atoms with Gasteiger partial charge in [-0.3, -0.25) is 0 Å². The highest BCUT2D eigenvalue weighted by Crippen LogP contribution is 2.26. The minimum atomic E-state index is -1.81. The molecule has 0 saturated carbocycles. The Bertz CT molecular complexity index is 493. The van der Waals surface area contributed by atoms with E-state index in [0.29, 0.717) is 6.42 Å². The summed E-state index contributed by atoms with van der Waals surface area (Å²) in [7, 11) is 0. The predicted molar refractivity (Wildman–Crippen MR) is 109 cm³/mol. The van der Waals surface area contributed by atoms with Gasteiger partial charge in [-0.15, -0.1) is 0 Å². The van der Waals surface area contributed by atoms with E-state index in [9.17, 15) is 35.7 Å². The lowest BCUT2D eigenvalue weighted by Crippen LogP contribution is -2.59. The highest BCUT2D eigenvalue weighted by Gasteiger charge is 2.45. The van der Waals surface area contributed by atoms with Gasteiger partial charge in [0.25, 0.3) is 0 Å². The van der Waals surface area contributed by atoms with E-state index in [-0.39, 0.29) is 18.8 Å². The van der Waals surface area contributed by atoms with Gasteiger partial charge in [0.1, 0.15) is 24.4 Å². The molecule has 172 valence electrons. The molecule has 10 nitrogen and oxygen atoms in total. The Morgan fingerprint density at radius 1 is 0.966 bits per heavy atom. The minimum absolute atomic E-state index is 0.0162. The largest absolute Gasteiger partial charge is 0.506 e. The van der Waals surface area contributed by atoms with E-state index in [4.69, 9.17) is 14.2 Å². The minimum Gasteiger partial charge on any atom is -0.506 e. The summed E-state index contributed by atoms with van der Waals surface area (Å²) in [5.74, 6) is -0.985. The number of unbranched alkanes of at least 4 members (excludes halogenated alkanes) is 2. The molecule has 0 aromatic heterocycles. The normalized spacial score (nSPS) is 30.7. The predicted octanol–water partition coefficient (Wildman–Crippen LogP) is -0.746. The highest BCUT2D eigenvalue weighted by molar-refractivity contribution is 7.80. The number of rotatable bonds is 13. The lowest BCUT2D eigenvalue weighted by atomic mass is 10.00. The fourth-order valence-corrected chi connectivity index (χ4v) is 3.21. The van der Waals surface area contributed by atoms with Crippen molar-refractivity contribution in [2.75, 3.05) is 24.7 Å². The van der Waals surface area contributed by atoms with Gasteiger partial charge < -0.3 is 50.0 Å². The standard InChI is InChI=1S/C17H32O10S2/c18-5-4-9(11(19)14(22)16(24)25-6-2-1-3-7-28)26-17-15(23)13(21)12(20)10(8-29)27-17/h9-10,12-13,15-24,28-29H,1-8H2/b14-11-/t9-,10?,12-,13?,15?,16-,17+/m0/s1. The van der Waals surface area contributed by atoms with Crippen LogP contribution in [0.25, 0.3) is 0 Å². The van der Waals surface area contributed by atoms with Crippen LogP contribution in [0.3, 0.4) is 0 Å². The van der Waals surface area contributed by atoms with Crippen LogP contribution in [-0.2, 0) is 14.2 Å². The number of hydrogen-bond donors (Lipinski definition) is 9. The second-order valence-corrected chi connectivity index (χ2v) is 7.42. The van der Waals surface area contributed by atoms with Gasteiger partial charge in [-0.05, 0) is 18.6 Å². The first kappa shape index (κ1) is 26.8. The van der Waals surface area contributed by atoms with Crippen LogP contribution in [0.5, 0.6) is 0 Å². The van der Waals surface area contributed by atoms with Gasteiger partial charge in [0.05, 0.1) is 12.7 Å². The van der Waals surface area contributed by atoms with Crippen molar-refractivity contribution in [2.24, 2.45) is 0 Å². The van der Waals surface area contributed by atoms with Gasteiger partial charge in [0.15, 0.2) is 17.8 Å². The monoisotopic (exact) mass is 460 g/mol. The summed E-state index contributed by atoms with van der Waals surface area (Å²) in [5.41, 5.74) is 0. The Balaban J connectivity index is 2.79. The summed E-state index contributed by atoms with van der Waals surface area (Å²) in [6.45, 7) is -0.331. The van der Waals surface area contributed by atoms with Crippen molar-refractivity contribution < 1.29 is 50.0 Å². The Morgan fingerprint density at radius 2 is 1.66 bits per heavy atom. The second kappa shape index (κ2) is 13.9. The van der Waals surface area contributed by atoms with E-state index in [1.165, 1.54) is 0 Å². The maximum Gasteiger partial charge on any atom is 0.217 e. The molecule has 7 N–H and O–H groups in total. The van der Waals surface area contributed by atoms with Gasteiger partial charge in [-0.25, -0.2) is 0 Å². The summed E-state index contributed by atoms with van der Waals surface area (Å²) < 4.78 is 15.8. The summed E-state index contributed by atoms with van der Waals surface area (Å²) >= 11 is 8.07. The Labute approximate surface area is 180 Å². The highest BCUT2D eigenvalue weighted by atomic mass is 32.1. The maximum absolute atomic E-state index is 10.3. The zero-order valence-corrected chi connectivity index (χ0v) is 17.7. The third-order valence-electron chi connectivity index (χ3n) is 4.42. The number of hydrogen-bond acceptors (Lipinski definition) is 12. The average Bonchev–Trinajstić information content (AvgIpc) is 2.72. The molecule has 29 heavy (non-hydrogen) atoms. The first-order valence-electron chi connectivity index (χ1n) is 9.37. The smallest absolute Gasteiger partial charge is 0.217 e. The molecule has 7 atom stereocenters. The molecule has 0 aliphatic carbocycles. The van der Waals surface area contributed by atoms with Crippen LogP contribution in [0, 0.1) is 0 Å². The van der Waals surface area contributed by atoms with Crippen LogP contribution in [-0.4, -0.2) is 104 Å². The summed E-state index contributed by atoms with van der Waals surface area (Å²) in [4.78, 5) is 0. The molecule has 1 aliphatic rings. The van der Waals surface area contributed by atoms with Gasteiger partial charge in [-0.2, -0.15) is 25.3 Å². The van der Waals surface area contributed by atoms with Crippen molar-refractivity contribution in [3.63, 3.8) is 0 Å². The molecule has 1 heterocycles. The molecule has 0 spiro atoms. The molecule has 0 amide bonds. The van der Waals surface area contributed by atoms with Gasteiger partial charge in [0, 0.05) is 18.8 Å².